The first kappa shape index (κ1) is 15.5. The van der Waals surface area contributed by atoms with Gasteiger partial charge in [0, 0.05) is 18.7 Å². The Morgan fingerprint density at radius 1 is 1.40 bits per heavy atom. The Bertz CT molecular complexity index is 582. The van der Waals surface area contributed by atoms with Gasteiger partial charge in [-0.15, -0.1) is 0 Å². The van der Waals surface area contributed by atoms with Crippen molar-refractivity contribution < 1.29 is 17.2 Å². The summed E-state index contributed by atoms with van der Waals surface area (Å²) in [5.74, 6) is -1.90. The van der Waals surface area contributed by atoms with Crippen LogP contribution in [-0.2, 0) is 10.0 Å². The quantitative estimate of drug-likeness (QED) is 0.845. The average molecular weight is 325 g/mol. The number of hydrogen-bond acceptors (Lipinski definition) is 3. The van der Waals surface area contributed by atoms with Gasteiger partial charge < -0.3 is 5.32 Å². The smallest absolute Gasteiger partial charge is 0.236 e. The van der Waals surface area contributed by atoms with E-state index in [1.165, 1.54) is 6.92 Å². The lowest BCUT2D eigenvalue weighted by Crippen LogP contribution is -2.35. The molecule has 1 atom stereocenters. The molecule has 1 aliphatic carbocycles. The Morgan fingerprint density at radius 3 is 2.60 bits per heavy atom. The lowest BCUT2D eigenvalue weighted by Gasteiger charge is -2.16. The van der Waals surface area contributed by atoms with Gasteiger partial charge in [-0.3, -0.25) is 4.72 Å². The van der Waals surface area contributed by atoms with Crippen molar-refractivity contribution in [3.8, 4) is 0 Å². The molecular formula is C12H15ClF2N2O2S. The molecule has 0 heterocycles. The van der Waals surface area contributed by atoms with Crippen LogP contribution in [0.3, 0.4) is 0 Å². The molecule has 1 aliphatic rings. The molecule has 0 bridgehead atoms. The number of hydrogen-bond donors (Lipinski definition) is 2. The summed E-state index contributed by atoms with van der Waals surface area (Å²) in [6.07, 6.45) is 2.08. The highest BCUT2D eigenvalue weighted by molar-refractivity contribution is 7.93. The minimum Gasteiger partial charge on any atom is -0.313 e. The first-order chi connectivity index (χ1) is 9.29. The number of nitrogens with one attached hydrogen (secondary N) is 2. The van der Waals surface area contributed by atoms with Gasteiger partial charge in [0.1, 0.15) is 11.5 Å². The van der Waals surface area contributed by atoms with Crippen molar-refractivity contribution in [2.45, 2.75) is 31.1 Å². The molecule has 20 heavy (non-hydrogen) atoms. The molecule has 0 aromatic heterocycles. The molecule has 1 saturated carbocycles. The number of rotatable bonds is 6. The SMILES string of the molecule is CC(CNC1CC1)S(=O)(=O)Nc1c(F)cc(F)cc1Cl. The van der Waals surface area contributed by atoms with Crippen LogP contribution in [0.15, 0.2) is 12.1 Å². The molecule has 0 radical (unpaired) electrons. The number of benzene rings is 1. The van der Waals surface area contributed by atoms with Crippen molar-refractivity contribution in [2.24, 2.45) is 0 Å². The summed E-state index contributed by atoms with van der Waals surface area (Å²) in [5.41, 5.74) is -0.425. The van der Waals surface area contributed by atoms with Crippen LogP contribution in [0.4, 0.5) is 14.5 Å². The van der Waals surface area contributed by atoms with Crippen LogP contribution in [0, 0.1) is 11.6 Å². The molecule has 0 spiro atoms. The van der Waals surface area contributed by atoms with Crippen molar-refractivity contribution >= 4 is 27.3 Å². The van der Waals surface area contributed by atoms with E-state index in [4.69, 9.17) is 11.6 Å². The van der Waals surface area contributed by atoms with E-state index in [-0.39, 0.29) is 11.6 Å². The molecule has 0 aliphatic heterocycles. The highest BCUT2D eigenvalue weighted by Gasteiger charge is 2.27. The van der Waals surface area contributed by atoms with E-state index in [9.17, 15) is 17.2 Å². The van der Waals surface area contributed by atoms with Crippen LogP contribution in [0.25, 0.3) is 0 Å². The molecule has 1 unspecified atom stereocenters. The molecule has 0 amide bonds. The monoisotopic (exact) mass is 324 g/mol. The van der Waals surface area contributed by atoms with Gasteiger partial charge in [0.2, 0.25) is 10.0 Å². The normalized spacial score (nSPS) is 17.0. The third-order valence-electron chi connectivity index (χ3n) is 3.05. The largest absolute Gasteiger partial charge is 0.313 e. The fraction of sp³-hybridized carbons (Fsp3) is 0.500. The average Bonchev–Trinajstić information content (AvgIpc) is 3.14. The molecule has 2 rings (SSSR count). The van der Waals surface area contributed by atoms with Crippen molar-refractivity contribution in [1.29, 1.82) is 0 Å². The number of halogens is 3. The summed E-state index contributed by atoms with van der Waals surface area (Å²) in [5, 5.41) is 2.01. The van der Waals surface area contributed by atoms with Gasteiger partial charge in [0.15, 0.2) is 5.82 Å². The Morgan fingerprint density at radius 2 is 2.05 bits per heavy atom. The Balaban J connectivity index is 2.10. The third-order valence-corrected chi connectivity index (χ3v) is 5.07. The fourth-order valence-corrected chi connectivity index (χ4v) is 2.92. The second kappa shape index (κ2) is 5.83. The molecule has 2 N–H and O–H groups in total. The summed E-state index contributed by atoms with van der Waals surface area (Å²) in [6, 6.07) is 1.81. The van der Waals surface area contributed by atoms with Crippen LogP contribution in [0.5, 0.6) is 0 Å². The van der Waals surface area contributed by atoms with Gasteiger partial charge in [-0.1, -0.05) is 11.6 Å². The molecule has 112 valence electrons. The van der Waals surface area contributed by atoms with Crippen LogP contribution in [0.1, 0.15) is 19.8 Å². The van der Waals surface area contributed by atoms with Crippen molar-refractivity contribution in [3.05, 3.63) is 28.8 Å². The van der Waals surface area contributed by atoms with E-state index in [1.54, 1.807) is 0 Å². The minimum absolute atomic E-state index is 0.264. The Kier molecular flexibility index (Phi) is 4.51. The highest BCUT2D eigenvalue weighted by atomic mass is 35.5. The van der Waals surface area contributed by atoms with Crippen molar-refractivity contribution in [2.75, 3.05) is 11.3 Å². The molecule has 1 fully saturated rings. The summed E-state index contributed by atoms with van der Waals surface area (Å²) < 4.78 is 52.7. The zero-order chi connectivity index (χ0) is 14.9. The van der Waals surface area contributed by atoms with E-state index < -0.39 is 32.6 Å². The zero-order valence-electron chi connectivity index (χ0n) is 10.8. The summed E-state index contributed by atoms with van der Waals surface area (Å²) in [4.78, 5) is 0. The van der Waals surface area contributed by atoms with Crippen molar-refractivity contribution in [3.63, 3.8) is 0 Å². The van der Waals surface area contributed by atoms with E-state index in [2.05, 4.69) is 10.0 Å². The maximum Gasteiger partial charge on any atom is 0.236 e. The summed E-state index contributed by atoms with van der Waals surface area (Å²) >= 11 is 5.66. The van der Waals surface area contributed by atoms with Gasteiger partial charge in [0.05, 0.1) is 10.3 Å². The predicted molar refractivity (Wildman–Crippen MR) is 74.4 cm³/mol. The van der Waals surface area contributed by atoms with E-state index in [1.807, 2.05) is 0 Å². The topological polar surface area (TPSA) is 58.2 Å². The molecule has 4 nitrogen and oxygen atoms in total. The van der Waals surface area contributed by atoms with Gasteiger partial charge in [-0.25, -0.2) is 17.2 Å². The first-order valence-corrected chi connectivity index (χ1v) is 8.11. The van der Waals surface area contributed by atoms with E-state index >= 15 is 0 Å². The number of sulfonamides is 1. The molecule has 0 saturated heterocycles. The van der Waals surface area contributed by atoms with Gasteiger partial charge in [-0.05, 0) is 25.8 Å². The lowest BCUT2D eigenvalue weighted by molar-refractivity contribution is 0.571. The second-order valence-corrected chi connectivity index (χ2v) is 7.39. The molecule has 1 aromatic rings. The van der Waals surface area contributed by atoms with Crippen LogP contribution < -0.4 is 10.0 Å². The minimum atomic E-state index is -3.80. The van der Waals surface area contributed by atoms with E-state index in [0.29, 0.717) is 12.1 Å². The fourth-order valence-electron chi connectivity index (χ4n) is 1.61. The van der Waals surface area contributed by atoms with Gasteiger partial charge >= 0.3 is 0 Å². The Labute approximate surface area is 121 Å². The summed E-state index contributed by atoms with van der Waals surface area (Å²) in [6.45, 7) is 1.77. The first-order valence-electron chi connectivity index (χ1n) is 6.19. The number of anilines is 1. The maximum absolute atomic E-state index is 13.6. The maximum atomic E-state index is 13.6. The highest BCUT2D eigenvalue weighted by Crippen LogP contribution is 2.28. The third kappa shape index (κ3) is 3.80. The zero-order valence-corrected chi connectivity index (χ0v) is 12.4. The molecule has 1 aromatic carbocycles. The molecule has 8 heteroatoms. The van der Waals surface area contributed by atoms with Crippen LogP contribution >= 0.6 is 11.6 Å². The summed E-state index contributed by atoms with van der Waals surface area (Å²) in [7, 11) is -3.80. The van der Waals surface area contributed by atoms with Crippen LogP contribution in [-0.4, -0.2) is 26.3 Å². The predicted octanol–water partition coefficient (Wildman–Crippen LogP) is 2.50. The van der Waals surface area contributed by atoms with E-state index in [0.717, 1.165) is 18.9 Å². The van der Waals surface area contributed by atoms with Gasteiger partial charge in [-0.2, -0.15) is 0 Å². The lowest BCUT2D eigenvalue weighted by atomic mass is 10.3. The Hall–Kier alpha value is -0.920. The van der Waals surface area contributed by atoms with Crippen LogP contribution in [0.2, 0.25) is 5.02 Å². The standard InChI is InChI=1S/C12H15ClF2N2O2S/c1-7(6-16-9-2-3-9)20(18,19)17-12-10(13)4-8(14)5-11(12)15/h4-5,7,9,16-17H,2-3,6H2,1H3. The van der Waals surface area contributed by atoms with Gasteiger partial charge in [0.25, 0.3) is 0 Å². The molecular weight excluding hydrogens is 310 g/mol. The van der Waals surface area contributed by atoms with Crippen molar-refractivity contribution in [1.82, 2.24) is 5.32 Å². The second-order valence-electron chi connectivity index (χ2n) is 4.88.